The van der Waals surface area contributed by atoms with Crippen molar-refractivity contribution in [1.29, 1.82) is 0 Å². The average molecular weight is 462 g/mol. The molecule has 2 heterocycles. The van der Waals surface area contributed by atoms with Crippen molar-refractivity contribution in [2.45, 2.75) is 32.5 Å². The van der Waals surface area contributed by atoms with Gasteiger partial charge in [0.25, 0.3) is 0 Å². The summed E-state index contributed by atoms with van der Waals surface area (Å²) in [7, 11) is 1.63. The molecule has 0 spiro atoms. The maximum absolute atomic E-state index is 13.4. The lowest BCUT2D eigenvalue weighted by Crippen LogP contribution is -2.61. The van der Waals surface area contributed by atoms with Crippen LogP contribution in [0.2, 0.25) is 0 Å². The second kappa shape index (κ2) is 9.15. The number of alkyl halides is 3. The van der Waals surface area contributed by atoms with Crippen LogP contribution in [0, 0.1) is 11.8 Å². The van der Waals surface area contributed by atoms with Gasteiger partial charge in [-0.3, -0.25) is 4.79 Å². The third-order valence-corrected chi connectivity index (χ3v) is 6.49. The SMILES string of the molecule is COc1ccccc1N1CCN2c3ccc(C(F)(F)F)cc3C[C@@H](C(=O)NCC(C)C)[C@@H]2C1. The summed E-state index contributed by atoms with van der Waals surface area (Å²) >= 11 is 0. The third kappa shape index (κ3) is 4.75. The van der Waals surface area contributed by atoms with Crippen molar-refractivity contribution in [2.24, 2.45) is 11.8 Å². The van der Waals surface area contributed by atoms with Crippen LogP contribution in [-0.4, -0.2) is 45.2 Å². The van der Waals surface area contributed by atoms with E-state index in [1.165, 1.54) is 6.07 Å². The lowest BCUT2D eigenvalue weighted by atomic mass is 9.82. The highest BCUT2D eigenvalue weighted by Crippen LogP contribution is 2.41. The van der Waals surface area contributed by atoms with Gasteiger partial charge in [-0.2, -0.15) is 13.2 Å². The Labute approximate surface area is 192 Å². The first-order valence-electron chi connectivity index (χ1n) is 11.3. The third-order valence-electron chi connectivity index (χ3n) is 6.49. The zero-order valence-corrected chi connectivity index (χ0v) is 19.2. The van der Waals surface area contributed by atoms with Gasteiger partial charge in [0.2, 0.25) is 5.91 Å². The molecule has 0 saturated carbocycles. The zero-order chi connectivity index (χ0) is 23.8. The van der Waals surface area contributed by atoms with Crippen LogP contribution in [0.25, 0.3) is 0 Å². The number of nitrogens with one attached hydrogen (secondary N) is 1. The van der Waals surface area contributed by atoms with Crippen molar-refractivity contribution >= 4 is 17.3 Å². The number of hydrogen-bond donors (Lipinski definition) is 1. The first-order chi connectivity index (χ1) is 15.7. The molecule has 5 nitrogen and oxygen atoms in total. The molecule has 1 amide bonds. The molecule has 2 aromatic carbocycles. The van der Waals surface area contributed by atoms with E-state index in [4.69, 9.17) is 4.74 Å². The van der Waals surface area contributed by atoms with Gasteiger partial charge in [-0.25, -0.2) is 0 Å². The van der Waals surface area contributed by atoms with Gasteiger partial charge in [-0.15, -0.1) is 0 Å². The summed E-state index contributed by atoms with van der Waals surface area (Å²) in [5.74, 6) is 0.493. The molecule has 1 N–H and O–H groups in total. The van der Waals surface area contributed by atoms with Gasteiger partial charge in [-0.1, -0.05) is 26.0 Å². The first-order valence-corrected chi connectivity index (χ1v) is 11.3. The number of amides is 1. The van der Waals surface area contributed by atoms with E-state index in [9.17, 15) is 18.0 Å². The highest BCUT2D eigenvalue weighted by Gasteiger charge is 2.43. The van der Waals surface area contributed by atoms with Crippen LogP contribution in [0.4, 0.5) is 24.5 Å². The Balaban J connectivity index is 1.68. The van der Waals surface area contributed by atoms with Gasteiger partial charge in [0.15, 0.2) is 0 Å². The number of benzene rings is 2. The summed E-state index contributed by atoms with van der Waals surface area (Å²) in [4.78, 5) is 17.5. The molecule has 1 saturated heterocycles. The van der Waals surface area contributed by atoms with Gasteiger partial charge < -0.3 is 19.9 Å². The standard InChI is InChI=1S/C25H30F3N3O2/c1-16(2)14-29-24(32)19-13-17-12-18(25(26,27)28)8-9-20(17)31-11-10-30(15-22(19)31)21-6-4-5-7-23(21)33-3/h4-9,12,16,19,22H,10-11,13-15H2,1-3H3,(H,29,32)/t19-,22+/m1/s1. The number of fused-ring (bicyclic) bond motifs is 3. The zero-order valence-electron chi connectivity index (χ0n) is 19.2. The number of nitrogens with zero attached hydrogens (tertiary/aromatic N) is 2. The van der Waals surface area contributed by atoms with Gasteiger partial charge in [-0.05, 0) is 48.2 Å². The number of methoxy groups -OCH3 is 1. The summed E-state index contributed by atoms with van der Waals surface area (Å²) in [6, 6.07) is 11.5. The summed E-state index contributed by atoms with van der Waals surface area (Å²) in [6.45, 7) is 6.44. The Morgan fingerprint density at radius 3 is 2.61 bits per heavy atom. The molecule has 1 fully saturated rings. The predicted molar refractivity (Wildman–Crippen MR) is 123 cm³/mol. The van der Waals surface area contributed by atoms with Crippen molar-refractivity contribution in [2.75, 3.05) is 43.1 Å². The first kappa shape index (κ1) is 23.3. The molecule has 2 aromatic rings. The number of carbonyl (C=O) groups excluding carboxylic acids is 1. The Morgan fingerprint density at radius 2 is 1.91 bits per heavy atom. The predicted octanol–water partition coefficient (Wildman–Crippen LogP) is 4.35. The van der Waals surface area contributed by atoms with Crippen LogP contribution in [0.1, 0.15) is 25.0 Å². The minimum absolute atomic E-state index is 0.108. The van der Waals surface area contributed by atoms with Crippen molar-refractivity contribution in [3.63, 3.8) is 0 Å². The van der Waals surface area contributed by atoms with Gasteiger partial charge in [0, 0.05) is 31.9 Å². The van der Waals surface area contributed by atoms with Crippen LogP contribution in [0.15, 0.2) is 42.5 Å². The van der Waals surface area contributed by atoms with Crippen molar-refractivity contribution in [3.05, 3.63) is 53.6 Å². The smallest absolute Gasteiger partial charge is 0.416 e. The normalized spacial score (nSPS) is 20.3. The Morgan fingerprint density at radius 1 is 1.15 bits per heavy atom. The van der Waals surface area contributed by atoms with Crippen molar-refractivity contribution in [1.82, 2.24) is 5.32 Å². The fourth-order valence-electron chi connectivity index (χ4n) is 4.85. The van der Waals surface area contributed by atoms with E-state index in [2.05, 4.69) is 15.1 Å². The highest BCUT2D eigenvalue weighted by molar-refractivity contribution is 5.82. The maximum Gasteiger partial charge on any atom is 0.416 e. The summed E-state index contributed by atoms with van der Waals surface area (Å²) in [5.41, 5.74) is 1.66. The van der Waals surface area contributed by atoms with Gasteiger partial charge >= 0.3 is 6.18 Å². The lowest BCUT2D eigenvalue weighted by molar-refractivity contribution is -0.137. The van der Waals surface area contributed by atoms with E-state index >= 15 is 0 Å². The van der Waals surface area contributed by atoms with E-state index in [1.54, 1.807) is 13.2 Å². The Bertz CT molecular complexity index is 1010. The molecule has 0 aromatic heterocycles. The molecule has 0 radical (unpaired) electrons. The number of carbonyl (C=O) groups is 1. The van der Waals surface area contributed by atoms with E-state index in [0.717, 1.165) is 23.2 Å². The molecule has 2 aliphatic rings. The molecule has 33 heavy (non-hydrogen) atoms. The molecular weight excluding hydrogens is 431 g/mol. The van der Waals surface area contributed by atoms with E-state index in [-0.39, 0.29) is 24.3 Å². The van der Waals surface area contributed by atoms with Gasteiger partial charge in [0.05, 0.1) is 30.3 Å². The highest BCUT2D eigenvalue weighted by atomic mass is 19.4. The molecule has 2 atom stereocenters. The molecule has 2 aliphatic heterocycles. The Hall–Kier alpha value is -2.90. The van der Waals surface area contributed by atoms with E-state index < -0.39 is 17.7 Å². The van der Waals surface area contributed by atoms with Crippen molar-refractivity contribution < 1.29 is 22.7 Å². The number of halogens is 3. The monoisotopic (exact) mass is 461 g/mol. The Kier molecular flexibility index (Phi) is 6.45. The quantitative estimate of drug-likeness (QED) is 0.719. The van der Waals surface area contributed by atoms with Crippen LogP contribution in [0.5, 0.6) is 5.75 Å². The average Bonchev–Trinajstić information content (AvgIpc) is 2.80. The molecular formula is C25H30F3N3O2. The number of anilines is 2. The number of piperazine rings is 1. The molecule has 0 unspecified atom stereocenters. The number of hydrogen-bond acceptors (Lipinski definition) is 4. The fourth-order valence-corrected chi connectivity index (χ4v) is 4.85. The fraction of sp³-hybridized carbons (Fsp3) is 0.480. The molecule has 4 rings (SSSR count). The van der Waals surface area contributed by atoms with Crippen LogP contribution in [0.3, 0.4) is 0 Å². The molecule has 0 aliphatic carbocycles. The van der Waals surface area contributed by atoms with Crippen LogP contribution >= 0.6 is 0 Å². The number of para-hydroxylation sites is 2. The van der Waals surface area contributed by atoms with Gasteiger partial charge in [0.1, 0.15) is 5.75 Å². The largest absolute Gasteiger partial charge is 0.495 e. The maximum atomic E-state index is 13.4. The number of rotatable bonds is 5. The van der Waals surface area contributed by atoms with E-state index in [1.807, 2.05) is 38.1 Å². The minimum Gasteiger partial charge on any atom is -0.495 e. The van der Waals surface area contributed by atoms with Crippen LogP contribution in [-0.2, 0) is 17.4 Å². The van der Waals surface area contributed by atoms with E-state index in [0.29, 0.717) is 31.7 Å². The van der Waals surface area contributed by atoms with Crippen LogP contribution < -0.4 is 19.9 Å². The molecule has 0 bridgehead atoms. The summed E-state index contributed by atoms with van der Waals surface area (Å²) < 4.78 is 45.6. The second-order valence-electron chi connectivity index (χ2n) is 9.17. The summed E-state index contributed by atoms with van der Waals surface area (Å²) in [6.07, 6.45) is -4.13. The molecule has 8 heteroatoms. The lowest BCUT2D eigenvalue weighted by Gasteiger charge is -2.50. The molecule has 178 valence electrons. The van der Waals surface area contributed by atoms with Crippen molar-refractivity contribution in [3.8, 4) is 5.75 Å². The topological polar surface area (TPSA) is 44.8 Å². The second-order valence-corrected chi connectivity index (χ2v) is 9.17. The summed E-state index contributed by atoms with van der Waals surface area (Å²) in [5, 5.41) is 3.01. The number of ether oxygens (including phenoxy) is 1. The minimum atomic E-state index is -4.41.